The van der Waals surface area contributed by atoms with Crippen molar-refractivity contribution in [3.05, 3.63) is 54.1 Å². The minimum atomic E-state index is -1.10. The number of carbonyl (C=O) groups excluding carboxylic acids is 2. The number of rotatable bonds is 7. The van der Waals surface area contributed by atoms with E-state index in [-0.39, 0.29) is 23.9 Å². The number of allylic oxidation sites excluding steroid dienone is 4. The monoisotopic (exact) mass is 341 g/mol. The normalized spacial score (nSPS) is 19.2. The van der Waals surface area contributed by atoms with Crippen LogP contribution in [0.15, 0.2) is 48.6 Å². The van der Waals surface area contributed by atoms with Gasteiger partial charge in [0, 0.05) is 5.75 Å². The lowest BCUT2D eigenvalue weighted by Crippen LogP contribution is -2.30. The fourth-order valence-corrected chi connectivity index (χ4v) is 3.29. The summed E-state index contributed by atoms with van der Waals surface area (Å²) in [5.41, 5.74) is 0.990. The predicted molar refractivity (Wildman–Crippen MR) is 95.2 cm³/mol. The van der Waals surface area contributed by atoms with Crippen molar-refractivity contribution in [1.29, 1.82) is 5.26 Å². The molecule has 0 saturated heterocycles. The van der Waals surface area contributed by atoms with E-state index < -0.39 is 5.41 Å². The summed E-state index contributed by atoms with van der Waals surface area (Å²) < 4.78 is 4.56. The van der Waals surface area contributed by atoms with Gasteiger partial charge in [0.25, 0.3) is 0 Å². The molecule has 0 aliphatic heterocycles. The summed E-state index contributed by atoms with van der Waals surface area (Å²) >= 11 is 1.35. The average Bonchev–Trinajstić information content (AvgIpc) is 2.65. The van der Waals surface area contributed by atoms with Crippen molar-refractivity contribution < 1.29 is 14.3 Å². The summed E-state index contributed by atoms with van der Waals surface area (Å²) in [5, 5.41) is 9.52. The highest BCUT2D eigenvalue weighted by Gasteiger charge is 2.36. The Balaban J connectivity index is 1.95. The minimum Gasteiger partial charge on any atom is -0.469 e. The molecule has 1 atom stereocenters. The zero-order valence-corrected chi connectivity index (χ0v) is 14.3. The van der Waals surface area contributed by atoms with Gasteiger partial charge in [-0.15, -0.1) is 0 Å². The van der Waals surface area contributed by atoms with Crippen molar-refractivity contribution in [3.8, 4) is 6.07 Å². The third kappa shape index (κ3) is 4.36. The highest BCUT2D eigenvalue weighted by atomic mass is 32.2. The van der Waals surface area contributed by atoms with Gasteiger partial charge in [-0.3, -0.25) is 9.59 Å². The Morgan fingerprint density at radius 3 is 2.67 bits per heavy atom. The van der Waals surface area contributed by atoms with Gasteiger partial charge in [-0.25, -0.2) is 0 Å². The van der Waals surface area contributed by atoms with Gasteiger partial charge in [0.15, 0.2) is 5.78 Å². The first-order valence-electron chi connectivity index (χ1n) is 7.65. The molecule has 0 saturated carbocycles. The average molecular weight is 341 g/mol. The number of thioether (sulfide) groups is 1. The molecule has 4 nitrogen and oxygen atoms in total. The second-order valence-electron chi connectivity index (χ2n) is 5.45. The van der Waals surface area contributed by atoms with Crippen LogP contribution in [-0.4, -0.2) is 30.4 Å². The highest BCUT2D eigenvalue weighted by molar-refractivity contribution is 7.99. The maximum atomic E-state index is 12.5. The maximum absolute atomic E-state index is 12.5. The lowest BCUT2D eigenvalue weighted by atomic mass is 9.77. The minimum absolute atomic E-state index is 0.125. The van der Waals surface area contributed by atoms with Crippen molar-refractivity contribution in [3.63, 3.8) is 0 Å². The van der Waals surface area contributed by atoms with Crippen LogP contribution in [0.5, 0.6) is 0 Å². The molecule has 0 spiro atoms. The SMILES string of the molecule is COC(=O)CCSCC(=O)C1(C#N)C=CC(c2ccccc2)=CC1. The highest BCUT2D eigenvalue weighted by Crippen LogP contribution is 2.34. The van der Waals surface area contributed by atoms with Gasteiger partial charge in [-0.1, -0.05) is 48.6 Å². The largest absolute Gasteiger partial charge is 0.469 e. The molecule has 0 fully saturated rings. The van der Waals surface area contributed by atoms with Gasteiger partial charge in [0.1, 0.15) is 5.41 Å². The zero-order valence-electron chi connectivity index (χ0n) is 13.5. The molecule has 0 bridgehead atoms. The van der Waals surface area contributed by atoms with Crippen LogP contribution in [0.1, 0.15) is 18.4 Å². The second-order valence-corrected chi connectivity index (χ2v) is 6.55. The van der Waals surface area contributed by atoms with Gasteiger partial charge in [0.05, 0.1) is 25.4 Å². The summed E-state index contributed by atoms with van der Waals surface area (Å²) in [7, 11) is 1.34. The molecule has 0 radical (unpaired) electrons. The maximum Gasteiger partial charge on any atom is 0.306 e. The molecular formula is C19H19NO3S. The Hall–Kier alpha value is -2.32. The lowest BCUT2D eigenvalue weighted by molar-refractivity contribution is -0.140. The van der Waals surface area contributed by atoms with Crippen molar-refractivity contribution in [2.24, 2.45) is 5.41 Å². The summed E-state index contributed by atoms with van der Waals surface area (Å²) in [6.45, 7) is 0. The number of hydrogen-bond donors (Lipinski definition) is 0. The molecule has 0 amide bonds. The zero-order chi connectivity index (χ0) is 17.4. The summed E-state index contributed by atoms with van der Waals surface area (Å²) in [5.74, 6) is 0.301. The fourth-order valence-electron chi connectivity index (χ4n) is 2.39. The number of benzene rings is 1. The first kappa shape index (κ1) is 18.0. The smallest absolute Gasteiger partial charge is 0.306 e. The Morgan fingerprint density at radius 1 is 1.33 bits per heavy atom. The van der Waals surface area contributed by atoms with Crippen molar-refractivity contribution in [2.45, 2.75) is 12.8 Å². The predicted octanol–water partition coefficient (Wildman–Crippen LogP) is 3.41. The van der Waals surface area contributed by atoms with Gasteiger partial charge >= 0.3 is 5.97 Å². The Labute approximate surface area is 146 Å². The van der Waals surface area contributed by atoms with E-state index >= 15 is 0 Å². The number of esters is 1. The van der Waals surface area contributed by atoms with Crippen molar-refractivity contribution >= 4 is 29.1 Å². The van der Waals surface area contributed by atoms with Crippen LogP contribution < -0.4 is 0 Å². The molecule has 0 N–H and O–H groups in total. The van der Waals surface area contributed by atoms with Crippen LogP contribution in [0.4, 0.5) is 0 Å². The van der Waals surface area contributed by atoms with Crippen LogP contribution in [-0.2, 0) is 14.3 Å². The number of nitriles is 1. The molecule has 0 aromatic heterocycles. The number of carbonyl (C=O) groups is 2. The molecule has 2 rings (SSSR count). The second kappa shape index (κ2) is 8.51. The molecule has 1 aromatic rings. The summed E-state index contributed by atoms with van der Waals surface area (Å²) in [4.78, 5) is 23.5. The van der Waals surface area contributed by atoms with Gasteiger partial charge < -0.3 is 4.74 Å². The Morgan fingerprint density at radius 2 is 2.08 bits per heavy atom. The van der Waals surface area contributed by atoms with Crippen molar-refractivity contribution in [1.82, 2.24) is 0 Å². The molecule has 124 valence electrons. The number of Topliss-reactive ketones (excluding diaryl/α,β-unsaturated/α-hetero) is 1. The van der Waals surface area contributed by atoms with E-state index in [2.05, 4.69) is 10.8 Å². The van der Waals surface area contributed by atoms with E-state index in [0.29, 0.717) is 12.2 Å². The van der Waals surface area contributed by atoms with Crippen LogP contribution >= 0.6 is 11.8 Å². The Bertz CT molecular complexity index is 703. The van der Waals surface area contributed by atoms with Crippen LogP contribution in [0.2, 0.25) is 0 Å². The molecule has 1 aliphatic rings. The third-order valence-corrected chi connectivity index (χ3v) is 4.87. The van der Waals surface area contributed by atoms with Crippen LogP contribution in [0.3, 0.4) is 0 Å². The fraction of sp³-hybridized carbons (Fsp3) is 0.316. The first-order chi connectivity index (χ1) is 11.6. The van der Waals surface area contributed by atoms with E-state index in [0.717, 1.165) is 11.1 Å². The van der Waals surface area contributed by atoms with Crippen LogP contribution in [0, 0.1) is 16.7 Å². The number of methoxy groups -OCH3 is 1. The lowest BCUT2D eigenvalue weighted by Gasteiger charge is -2.23. The van der Waals surface area contributed by atoms with E-state index in [1.165, 1.54) is 18.9 Å². The molecule has 1 aromatic carbocycles. The number of nitrogens with zero attached hydrogens (tertiary/aromatic N) is 1. The van der Waals surface area contributed by atoms with E-state index in [1.807, 2.05) is 42.5 Å². The number of ether oxygens (including phenoxy) is 1. The standard InChI is InChI=1S/C19H19NO3S/c1-23-18(22)9-12-24-13-17(21)19(14-20)10-7-16(8-11-19)15-5-3-2-4-6-15/h2-8,10H,9,11-13H2,1H3. The molecule has 24 heavy (non-hydrogen) atoms. The first-order valence-corrected chi connectivity index (χ1v) is 8.81. The molecular weight excluding hydrogens is 322 g/mol. The van der Waals surface area contributed by atoms with Crippen LogP contribution in [0.25, 0.3) is 5.57 Å². The van der Waals surface area contributed by atoms with Gasteiger partial charge in [-0.05, 0) is 17.6 Å². The molecule has 1 aliphatic carbocycles. The van der Waals surface area contributed by atoms with Gasteiger partial charge in [-0.2, -0.15) is 17.0 Å². The quantitative estimate of drug-likeness (QED) is 0.562. The number of ketones is 1. The molecule has 5 heteroatoms. The third-order valence-electron chi connectivity index (χ3n) is 3.91. The summed E-state index contributed by atoms with van der Waals surface area (Å²) in [6, 6.07) is 12.0. The Kier molecular flexibility index (Phi) is 6.39. The van der Waals surface area contributed by atoms with Crippen molar-refractivity contribution in [2.75, 3.05) is 18.6 Å². The summed E-state index contributed by atoms with van der Waals surface area (Å²) in [6.07, 6.45) is 6.13. The topological polar surface area (TPSA) is 67.2 Å². The van der Waals surface area contributed by atoms with E-state index in [1.54, 1.807) is 6.08 Å². The van der Waals surface area contributed by atoms with E-state index in [9.17, 15) is 14.9 Å². The van der Waals surface area contributed by atoms with Gasteiger partial charge in [0.2, 0.25) is 0 Å². The number of hydrogen-bond acceptors (Lipinski definition) is 5. The molecule has 0 heterocycles. The van der Waals surface area contributed by atoms with E-state index in [4.69, 9.17) is 0 Å². The molecule has 1 unspecified atom stereocenters.